The molecule has 2 heterocycles. The molecule has 0 radical (unpaired) electrons. The van der Waals surface area contributed by atoms with E-state index in [0.29, 0.717) is 10.0 Å². The fourth-order valence-corrected chi connectivity index (χ4v) is 3.71. The minimum Gasteiger partial charge on any atom is -0.315 e. The van der Waals surface area contributed by atoms with Gasteiger partial charge in [-0.2, -0.15) is 0 Å². The molecule has 0 aliphatic carbocycles. The molecule has 0 spiro atoms. The van der Waals surface area contributed by atoms with Crippen LogP contribution < -0.4 is 5.32 Å². The second kappa shape index (κ2) is 8.30. The molecule has 1 aromatic heterocycles. The van der Waals surface area contributed by atoms with Crippen LogP contribution in [0.2, 0.25) is 10.0 Å². The zero-order valence-electron chi connectivity index (χ0n) is 13.9. The van der Waals surface area contributed by atoms with Gasteiger partial charge >= 0.3 is 0 Å². The van der Waals surface area contributed by atoms with Crippen LogP contribution in [0.25, 0.3) is 0 Å². The first-order valence-corrected chi connectivity index (χ1v) is 9.29. The predicted octanol–water partition coefficient (Wildman–Crippen LogP) is 4.34. The van der Waals surface area contributed by atoms with E-state index in [0.717, 1.165) is 50.3 Å². The minimum atomic E-state index is 0.0561. The average Bonchev–Trinajstić information content (AvgIpc) is 2.87. The van der Waals surface area contributed by atoms with Crippen molar-refractivity contribution >= 4 is 23.2 Å². The maximum absolute atomic E-state index is 6.54. The van der Waals surface area contributed by atoms with Gasteiger partial charge in [0.2, 0.25) is 0 Å². The standard InChI is InChI=1S/C19H23Cl2N3/c1-2-14-4-7-18(23-13-14)19(24-10-3-8-22-9-11-24)16-6-5-15(20)12-17(16)21/h4-7,12-13,19,22H,2-3,8-11H2,1H3. The summed E-state index contributed by atoms with van der Waals surface area (Å²) in [4.78, 5) is 7.20. The van der Waals surface area contributed by atoms with Crippen LogP contribution >= 0.6 is 23.2 Å². The van der Waals surface area contributed by atoms with Crippen molar-refractivity contribution in [2.24, 2.45) is 0 Å². The lowest BCUT2D eigenvalue weighted by atomic mass is 10.00. The Balaban J connectivity index is 2.01. The Morgan fingerprint density at radius 1 is 1.17 bits per heavy atom. The molecule has 1 saturated heterocycles. The highest BCUT2D eigenvalue weighted by molar-refractivity contribution is 6.35. The van der Waals surface area contributed by atoms with E-state index in [4.69, 9.17) is 28.2 Å². The molecule has 0 bridgehead atoms. The summed E-state index contributed by atoms with van der Waals surface area (Å²) < 4.78 is 0. The van der Waals surface area contributed by atoms with Gasteiger partial charge in [0.05, 0.1) is 11.7 Å². The highest BCUT2D eigenvalue weighted by Crippen LogP contribution is 2.34. The highest BCUT2D eigenvalue weighted by atomic mass is 35.5. The van der Waals surface area contributed by atoms with Gasteiger partial charge < -0.3 is 5.32 Å². The quantitative estimate of drug-likeness (QED) is 0.875. The highest BCUT2D eigenvalue weighted by Gasteiger charge is 2.26. The summed E-state index contributed by atoms with van der Waals surface area (Å²) in [6.45, 7) is 6.17. The molecule has 1 atom stereocenters. The van der Waals surface area contributed by atoms with Gasteiger partial charge in [-0.15, -0.1) is 0 Å². The molecule has 24 heavy (non-hydrogen) atoms. The normalized spacial score (nSPS) is 17.5. The first-order chi connectivity index (χ1) is 11.7. The van der Waals surface area contributed by atoms with E-state index in [1.807, 2.05) is 24.4 Å². The zero-order valence-corrected chi connectivity index (χ0v) is 15.4. The number of nitrogens with one attached hydrogen (secondary N) is 1. The zero-order chi connectivity index (χ0) is 16.9. The Morgan fingerprint density at radius 2 is 2.04 bits per heavy atom. The lowest BCUT2D eigenvalue weighted by Gasteiger charge is -2.31. The summed E-state index contributed by atoms with van der Waals surface area (Å²) in [5.41, 5.74) is 3.36. The van der Waals surface area contributed by atoms with Gasteiger partial charge in [-0.25, -0.2) is 0 Å². The number of rotatable bonds is 4. The fraction of sp³-hybridized carbons (Fsp3) is 0.421. The summed E-state index contributed by atoms with van der Waals surface area (Å²) in [5.74, 6) is 0. The Labute approximate surface area is 154 Å². The third-order valence-corrected chi connectivity index (χ3v) is 5.10. The van der Waals surface area contributed by atoms with Crippen molar-refractivity contribution in [3.63, 3.8) is 0 Å². The maximum Gasteiger partial charge on any atom is 0.0791 e. The largest absolute Gasteiger partial charge is 0.315 e. The molecule has 5 heteroatoms. The molecule has 2 aromatic rings. The van der Waals surface area contributed by atoms with Crippen LogP contribution in [0.4, 0.5) is 0 Å². The molecule has 3 rings (SSSR count). The van der Waals surface area contributed by atoms with Crippen LogP contribution in [0.3, 0.4) is 0 Å². The summed E-state index contributed by atoms with van der Waals surface area (Å²) in [6.07, 6.45) is 4.09. The predicted molar refractivity (Wildman–Crippen MR) is 101 cm³/mol. The third-order valence-electron chi connectivity index (χ3n) is 4.53. The van der Waals surface area contributed by atoms with E-state index < -0.39 is 0 Å². The van der Waals surface area contributed by atoms with Crippen LogP contribution in [-0.4, -0.2) is 36.1 Å². The van der Waals surface area contributed by atoms with Crippen molar-refractivity contribution in [2.45, 2.75) is 25.8 Å². The number of aryl methyl sites for hydroxylation is 1. The van der Waals surface area contributed by atoms with Crippen molar-refractivity contribution in [1.82, 2.24) is 15.2 Å². The fourth-order valence-electron chi connectivity index (χ4n) is 3.20. The second-order valence-corrected chi connectivity index (χ2v) is 7.00. The van der Waals surface area contributed by atoms with Gasteiger partial charge in [-0.1, -0.05) is 42.3 Å². The van der Waals surface area contributed by atoms with Gasteiger partial charge in [-0.05, 0) is 48.7 Å². The van der Waals surface area contributed by atoms with E-state index in [9.17, 15) is 0 Å². The number of nitrogens with zero attached hydrogens (tertiary/aromatic N) is 2. The van der Waals surface area contributed by atoms with Crippen molar-refractivity contribution < 1.29 is 0 Å². The van der Waals surface area contributed by atoms with Crippen molar-refractivity contribution in [3.8, 4) is 0 Å². The first kappa shape index (κ1) is 17.7. The van der Waals surface area contributed by atoms with Gasteiger partial charge in [0, 0.05) is 35.9 Å². The van der Waals surface area contributed by atoms with Crippen molar-refractivity contribution in [3.05, 3.63) is 63.4 Å². The summed E-state index contributed by atoms with van der Waals surface area (Å²) in [6, 6.07) is 10.1. The number of halogens is 2. The lowest BCUT2D eigenvalue weighted by Crippen LogP contribution is -2.33. The smallest absolute Gasteiger partial charge is 0.0791 e. The molecule has 1 unspecified atom stereocenters. The summed E-state index contributed by atoms with van der Waals surface area (Å²) in [5, 5.41) is 4.82. The summed E-state index contributed by atoms with van der Waals surface area (Å²) >= 11 is 12.6. The molecular formula is C19H23Cl2N3. The third kappa shape index (κ3) is 4.09. The van der Waals surface area contributed by atoms with Crippen LogP contribution in [0.15, 0.2) is 36.5 Å². The number of benzene rings is 1. The number of hydrogen-bond donors (Lipinski definition) is 1. The summed E-state index contributed by atoms with van der Waals surface area (Å²) in [7, 11) is 0. The van der Waals surface area contributed by atoms with Crippen molar-refractivity contribution in [1.29, 1.82) is 0 Å². The molecule has 1 fully saturated rings. The van der Waals surface area contributed by atoms with E-state index in [1.54, 1.807) is 0 Å². The second-order valence-electron chi connectivity index (χ2n) is 6.15. The van der Waals surface area contributed by atoms with Gasteiger partial charge in [0.1, 0.15) is 0 Å². The Bertz CT molecular complexity index is 665. The van der Waals surface area contributed by atoms with Crippen LogP contribution in [0.5, 0.6) is 0 Å². The first-order valence-electron chi connectivity index (χ1n) is 8.53. The van der Waals surface area contributed by atoms with Crippen LogP contribution in [0.1, 0.15) is 36.2 Å². The van der Waals surface area contributed by atoms with E-state index in [2.05, 4.69) is 29.3 Å². The molecule has 128 valence electrons. The van der Waals surface area contributed by atoms with Crippen LogP contribution in [-0.2, 0) is 6.42 Å². The van der Waals surface area contributed by atoms with Gasteiger partial charge in [0.25, 0.3) is 0 Å². The SMILES string of the molecule is CCc1ccc(C(c2ccc(Cl)cc2Cl)N2CCCNCC2)nc1. The van der Waals surface area contributed by atoms with E-state index in [-0.39, 0.29) is 6.04 Å². The number of pyridine rings is 1. The molecule has 1 aliphatic heterocycles. The lowest BCUT2D eigenvalue weighted by molar-refractivity contribution is 0.237. The molecule has 0 amide bonds. The monoisotopic (exact) mass is 363 g/mol. The molecule has 1 aromatic carbocycles. The van der Waals surface area contributed by atoms with E-state index in [1.165, 1.54) is 5.56 Å². The number of hydrogen-bond acceptors (Lipinski definition) is 3. The molecular weight excluding hydrogens is 341 g/mol. The Morgan fingerprint density at radius 3 is 2.75 bits per heavy atom. The van der Waals surface area contributed by atoms with Crippen molar-refractivity contribution in [2.75, 3.05) is 26.2 Å². The molecule has 0 saturated carbocycles. The van der Waals surface area contributed by atoms with Gasteiger partial charge in [-0.3, -0.25) is 9.88 Å². The van der Waals surface area contributed by atoms with E-state index >= 15 is 0 Å². The molecule has 3 nitrogen and oxygen atoms in total. The average molecular weight is 364 g/mol. The molecule has 1 aliphatic rings. The minimum absolute atomic E-state index is 0.0561. The van der Waals surface area contributed by atoms with Crippen LogP contribution in [0, 0.1) is 0 Å². The van der Waals surface area contributed by atoms with Gasteiger partial charge in [0.15, 0.2) is 0 Å². The maximum atomic E-state index is 6.54. The topological polar surface area (TPSA) is 28.2 Å². The number of aromatic nitrogens is 1. The Hall–Kier alpha value is -1.13. The Kier molecular flexibility index (Phi) is 6.12. The molecule has 1 N–H and O–H groups in total.